The summed E-state index contributed by atoms with van der Waals surface area (Å²) >= 11 is 5.99. The van der Waals surface area contributed by atoms with E-state index in [1.807, 2.05) is 0 Å². The van der Waals surface area contributed by atoms with Crippen molar-refractivity contribution in [2.45, 2.75) is 6.92 Å². The average Bonchev–Trinajstić information content (AvgIpc) is 2.50. The molecular formula is C15H14ClN3O3. The molecule has 0 aliphatic heterocycles. The van der Waals surface area contributed by atoms with Crippen LogP contribution in [0.3, 0.4) is 0 Å². The van der Waals surface area contributed by atoms with Crippen molar-refractivity contribution in [1.29, 1.82) is 0 Å². The molecule has 6 nitrogen and oxygen atoms in total. The summed E-state index contributed by atoms with van der Waals surface area (Å²) in [6.45, 7) is 1.93. The van der Waals surface area contributed by atoms with Crippen LogP contribution in [0.5, 0.6) is 0 Å². The van der Waals surface area contributed by atoms with E-state index in [0.717, 1.165) is 0 Å². The van der Waals surface area contributed by atoms with Crippen LogP contribution in [-0.2, 0) is 4.74 Å². The van der Waals surface area contributed by atoms with Crippen LogP contribution in [0.15, 0.2) is 36.4 Å². The quantitative estimate of drug-likeness (QED) is 0.667. The summed E-state index contributed by atoms with van der Waals surface area (Å²) in [7, 11) is 0. The van der Waals surface area contributed by atoms with E-state index < -0.39 is 11.9 Å². The summed E-state index contributed by atoms with van der Waals surface area (Å²) in [6, 6.07) is 9.25. The van der Waals surface area contributed by atoms with Gasteiger partial charge in [0.1, 0.15) is 11.4 Å². The lowest BCUT2D eigenvalue weighted by atomic mass is 10.2. The fourth-order valence-electron chi connectivity index (χ4n) is 1.70. The molecule has 3 N–H and O–H groups in total. The van der Waals surface area contributed by atoms with E-state index in [-0.39, 0.29) is 18.0 Å². The third kappa shape index (κ3) is 3.73. The number of anilines is 2. The van der Waals surface area contributed by atoms with E-state index >= 15 is 0 Å². The first-order chi connectivity index (χ1) is 10.5. The number of nitrogens with zero attached hydrogens (tertiary/aromatic N) is 1. The molecule has 0 fully saturated rings. The summed E-state index contributed by atoms with van der Waals surface area (Å²) in [6.07, 6.45) is 0. The number of halogens is 1. The predicted molar refractivity (Wildman–Crippen MR) is 84.0 cm³/mol. The van der Waals surface area contributed by atoms with Crippen molar-refractivity contribution in [2.75, 3.05) is 17.7 Å². The van der Waals surface area contributed by atoms with Crippen molar-refractivity contribution in [2.24, 2.45) is 0 Å². The lowest BCUT2D eigenvalue weighted by Crippen LogP contribution is -2.16. The number of benzene rings is 1. The highest BCUT2D eigenvalue weighted by molar-refractivity contribution is 6.34. The SMILES string of the molecule is CCOC(=O)c1cccc(C(=O)Nc2ccc(N)cc2Cl)n1. The van der Waals surface area contributed by atoms with Gasteiger partial charge in [0.05, 0.1) is 17.3 Å². The van der Waals surface area contributed by atoms with Gasteiger partial charge in [-0.3, -0.25) is 4.79 Å². The lowest BCUT2D eigenvalue weighted by molar-refractivity contribution is 0.0519. The topological polar surface area (TPSA) is 94.3 Å². The van der Waals surface area contributed by atoms with Gasteiger partial charge in [-0.15, -0.1) is 0 Å². The molecule has 0 bridgehead atoms. The van der Waals surface area contributed by atoms with Gasteiger partial charge in [-0.1, -0.05) is 17.7 Å². The van der Waals surface area contributed by atoms with Crippen LogP contribution in [0.2, 0.25) is 5.02 Å². The molecule has 7 heteroatoms. The Labute approximate surface area is 132 Å². The number of nitrogen functional groups attached to an aromatic ring is 1. The second-order valence-corrected chi connectivity index (χ2v) is 4.73. The standard InChI is InChI=1S/C15H14ClN3O3/c1-2-22-15(21)13-5-3-4-12(18-13)14(20)19-11-7-6-9(17)8-10(11)16/h3-8H,2,17H2,1H3,(H,19,20). The molecule has 0 saturated heterocycles. The zero-order chi connectivity index (χ0) is 16.1. The van der Waals surface area contributed by atoms with Crippen LogP contribution < -0.4 is 11.1 Å². The van der Waals surface area contributed by atoms with Crippen LogP contribution in [0.4, 0.5) is 11.4 Å². The van der Waals surface area contributed by atoms with Crippen molar-refractivity contribution in [3.05, 3.63) is 52.8 Å². The number of amides is 1. The number of aromatic nitrogens is 1. The fraction of sp³-hybridized carbons (Fsp3) is 0.133. The van der Waals surface area contributed by atoms with E-state index in [2.05, 4.69) is 10.3 Å². The summed E-state index contributed by atoms with van der Waals surface area (Å²) in [5, 5.41) is 2.93. The third-order valence-electron chi connectivity index (χ3n) is 2.71. The highest BCUT2D eigenvalue weighted by Crippen LogP contribution is 2.24. The molecule has 0 saturated carbocycles. The number of nitrogens with two attached hydrogens (primary N) is 1. The number of rotatable bonds is 4. The van der Waals surface area contributed by atoms with Gasteiger partial charge in [-0.2, -0.15) is 0 Å². The Morgan fingerprint density at radius 2 is 2.00 bits per heavy atom. The van der Waals surface area contributed by atoms with Gasteiger partial charge in [-0.25, -0.2) is 9.78 Å². The second kappa shape index (κ2) is 6.91. The third-order valence-corrected chi connectivity index (χ3v) is 3.02. The van der Waals surface area contributed by atoms with Gasteiger partial charge in [0.15, 0.2) is 0 Å². The number of hydrogen-bond donors (Lipinski definition) is 2. The molecule has 0 radical (unpaired) electrons. The lowest BCUT2D eigenvalue weighted by Gasteiger charge is -2.08. The number of pyridine rings is 1. The average molecular weight is 320 g/mol. The van der Waals surface area contributed by atoms with Crippen molar-refractivity contribution >= 4 is 34.9 Å². The Hall–Kier alpha value is -2.60. The molecule has 1 aromatic heterocycles. The molecule has 0 spiro atoms. The summed E-state index contributed by atoms with van der Waals surface area (Å²) in [4.78, 5) is 27.8. The van der Waals surface area contributed by atoms with Crippen molar-refractivity contribution < 1.29 is 14.3 Å². The molecule has 2 rings (SSSR count). The molecule has 22 heavy (non-hydrogen) atoms. The molecular weight excluding hydrogens is 306 g/mol. The highest BCUT2D eigenvalue weighted by Gasteiger charge is 2.14. The molecule has 114 valence electrons. The van der Waals surface area contributed by atoms with Gasteiger partial charge in [0.25, 0.3) is 5.91 Å². The highest BCUT2D eigenvalue weighted by atomic mass is 35.5. The Balaban J connectivity index is 2.19. The van der Waals surface area contributed by atoms with E-state index in [4.69, 9.17) is 22.1 Å². The summed E-state index contributed by atoms with van der Waals surface area (Å²) in [5.41, 5.74) is 6.64. The Morgan fingerprint density at radius 3 is 2.68 bits per heavy atom. The minimum atomic E-state index is -0.581. The van der Waals surface area contributed by atoms with Crippen LogP contribution in [0, 0.1) is 0 Å². The predicted octanol–water partition coefficient (Wildman–Crippen LogP) is 2.75. The maximum absolute atomic E-state index is 12.2. The molecule has 2 aromatic rings. The van der Waals surface area contributed by atoms with Gasteiger partial charge in [0, 0.05) is 5.69 Å². The van der Waals surface area contributed by atoms with Crippen LogP contribution in [0.25, 0.3) is 0 Å². The minimum Gasteiger partial charge on any atom is -0.461 e. The number of esters is 1. The number of hydrogen-bond acceptors (Lipinski definition) is 5. The Bertz CT molecular complexity index is 719. The van der Waals surface area contributed by atoms with Crippen LogP contribution >= 0.6 is 11.6 Å². The van der Waals surface area contributed by atoms with Gasteiger partial charge in [-0.05, 0) is 37.3 Å². The second-order valence-electron chi connectivity index (χ2n) is 4.32. The van der Waals surface area contributed by atoms with Gasteiger partial charge in [0.2, 0.25) is 0 Å². The summed E-state index contributed by atoms with van der Waals surface area (Å²) in [5.74, 6) is -1.07. The van der Waals surface area contributed by atoms with E-state index in [1.165, 1.54) is 18.2 Å². The molecule has 1 heterocycles. The van der Waals surface area contributed by atoms with Gasteiger partial charge >= 0.3 is 5.97 Å². The van der Waals surface area contributed by atoms with E-state index in [9.17, 15) is 9.59 Å². The first-order valence-corrected chi connectivity index (χ1v) is 6.89. The zero-order valence-electron chi connectivity index (χ0n) is 11.8. The number of carbonyl (C=O) groups is 2. The zero-order valence-corrected chi connectivity index (χ0v) is 12.6. The Kier molecular flexibility index (Phi) is 4.95. The first kappa shape index (κ1) is 15.8. The first-order valence-electron chi connectivity index (χ1n) is 6.52. The summed E-state index contributed by atoms with van der Waals surface area (Å²) < 4.78 is 4.85. The number of nitrogens with one attached hydrogen (secondary N) is 1. The maximum Gasteiger partial charge on any atom is 0.356 e. The van der Waals surface area contributed by atoms with E-state index in [1.54, 1.807) is 25.1 Å². The minimum absolute atomic E-state index is 0.0675. The van der Waals surface area contributed by atoms with Crippen molar-refractivity contribution in [3.63, 3.8) is 0 Å². The fourth-order valence-corrected chi connectivity index (χ4v) is 1.94. The molecule has 0 aliphatic rings. The Morgan fingerprint density at radius 1 is 1.27 bits per heavy atom. The molecule has 0 aliphatic carbocycles. The van der Waals surface area contributed by atoms with Crippen molar-refractivity contribution in [1.82, 2.24) is 4.98 Å². The molecule has 1 amide bonds. The monoisotopic (exact) mass is 319 g/mol. The molecule has 1 aromatic carbocycles. The molecule has 0 atom stereocenters. The van der Waals surface area contributed by atoms with Crippen LogP contribution in [-0.4, -0.2) is 23.5 Å². The van der Waals surface area contributed by atoms with Gasteiger partial charge < -0.3 is 15.8 Å². The largest absolute Gasteiger partial charge is 0.461 e. The van der Waals surface area contributed by atoms with E-state index in [0.29, 0.717) is 16.4 Å². The maximum atomic E-state index is 12.2. The smallest absolute Gasteiger partial charge is 0.356 e. The van der Waals surface area contributed by atoms with Crippen molar-refractivity contribution in [3.8, 4) is 0 Å². The number of ether oxygens (including phenoxy) is 1. The number of carbonyl (C=O) groups excluding carboxylic acids is 2. The normalized spacial score (nSPS) is 10.1. The van der Waals surface area contributed by atoms with Crippen LogP contribution in [0.1, 0.15) is 27.9 Å². The molecule has 0 unspecified atom stereocenters.